The number of nitrogens with zero attached hydrogens (tertiary/aromatic N) is 5. The van der Waals surface area contributed by atoms with Crippen molar-refractivity contribution in [1.82, 2.24) is 30.3 Å². The van der Waals surface area contributed by atoms with E-state index in [-0.39, 0.29) is 0 Å². The molecule has 3 aromatic heterocycles. The van der Waals surface area contributed by atoms with Gasteiger partial charge in [0.25, 0.3) is 0 Å². The Labute approximate surface area is 196 Å². The zero-order chi connectivity index (χ0) is 23.7. The molecular formula is C22H25N7O4S. The lowest BCUT2D eigenvalue weighted by Crippen LogP contribution is -2.25. The highest BCUT2D eigenvalue weighted by atomic mass is 32.2. The Balaban J connectivity index is 1.50. The Hall–Kier alpha value is -3.35. The molecule has 5 rings (SSSR count). The fourth-order valence-electron chi connectivity index (χ4n) is 3.96. The van der Waals surface area contributed by atoms with Gasteiger partial charge in [0.15, 0.2) is 0 Å². The summed E-state index contributed by atoms with van der Waals surface area (Å²) in [5.41, 5.74) is 4.07. The normalized spacial score (nSPS) is 15.5. The van der Waals surface area contributed by atoms with Crippen LogP contribution in [0, 0.1) is 6.92 Å². The molecule has 1 aliphatic rings. The lowest BCUT2D eigenvalue weighted by Gasteiger charge is -2.15. The van der Waals surface area contributed by atoms with Crippen LogP contribution in [0.4, 0.5) is 5.69 Å². The number of benzene rings is 1. The SMILES string of the molecule is Cc1ncc(-c2cc(-c3nnc(CN4CCCOCC4)o3)c3cn[nH]c3c2)cc1NS(C)(=O)=O. The van der Waals surface area contributed by atoms with E-state index in [1.165, 1.54) is 0 Å². The van der Waals surface area contributed by atoms with E-state index in [9.17, 15) is 8.42 Å². The van der Waals surface area contributed by atoms with Crippen molar-refractivity contribution >= 4 is 26.6 Å². The molecule has 1 aromatic carbocycles. The second-order valence-electron chi connectivity index (χ2n) is 8.33. The summed E-state index contributed by atoms with van der Waals surface area (Å²) >= 11 is 0. The zero-order valence-electron chi connectivity index (χ0n) is 18.9. The van der Waals surface area contributed by atoms with Gasteiger partial charge in [-0.05, 0) is 37.1 Å². The molecule has 178 valence electrons. The molecule has 0 amide bonds. The maximum atomic E-state index is 11.8. The van der Waals surface area contributed by atoms with Crippen LogP contribution < -0.4 is 4.72 Å². The molecule has 0 aliphatic carbocycles. The van der Waals surface area contributed by atoms with Crippen molar-refractivity contribution in [1.29, 1.82) is 0 Å². The highest BCUT2D eigenvalue weighted by Gasteiger charge is 2.18. The molecule has 11 nitrogen and oxygen atoms in total. The number of fused-ring (bicyclic) bond motifs is 1. The number of pyridine rings is 1. The minimum atomic E-state index is -3.44. The third kappa shape index (κ3) is 4.93. The predicted octanol–water partition coefficient (Wildman–Crippen LogP) is 2.58. The summed E-state index contributed by atoms with van der Waals surface area (Å²) in [6.45, 7) is 5.52. The zero-order valence-corrected chi connectivity index (χ0v) is 19.7. The molecule has 1 fully saturated rings. The van der Waals surface area contributed by atoms with Crippen LogP contribution in [-0.2, 0) is 21.3 Å². The monoisotopic (exact) mass is 483 g/mol. The average Bonchev–Trinajstić information content (AvgIpc) is 3.38. The van der Waals surface area contributed by atoms with Crippen LogP contribution in [0.5, 0.6) is 0 Å². The van der Waals surface area contributed by atoms with Gasteiger partial charge in [0.2, 0.25) is 21.8 Å². The van der Waals surface area contributed by atoms with Crippen molar-refractivity contribution in [3.8, 4) is 22.6 Å². The van der Waals surface area contributed by atoms with E-state index in [1.807, 2.05) is 12.1 Å². The number of hydrogen-bond acceptors (Lipinski definition) is 9. The molecule has 1 saturated heterocycles. The van der Waals surface area contributed by atoms with Crippen molar-refractivity contribution in [3.05, 3.63) is 42.2 Å². The molecule has 34 heavy (non-hydrogen) atoms. The summed E-state index contributed by atoms with van der Waals surface area (Å²) in [5, 5.41) is 16.6. The van der Waals surface area contributed by atoms with Crippen LogP contribution in [0.2, 0.25) is 0 Å². The number of aryl methyl sites for hydroxylation is 1. The van der Waals surface area contributed by atoms with E-state index in [1.54, 1.807) is 25.4 Å². The molecule has 0 unspecified atom stereocenters. The van der Waals surface area contributed by atoms with E-state index in [4.69, 9.17) is 9.15 Å². The Morgan fingerprint density at radius 3 is 2.85 bits per heavy atom. The van der Waals surface area contributed by atoms with Gasteiger partial charge in [-0.3, -0.25) is 19.7 Å². The van der Waals surface area contributed by atoms with Gasteiger partial charge in [-0.15, -0.1) is 10.2 Å². The number of aromatic nitrogens is 5. The van der Waals surface area contributed by atoms with E-state index in [0.29, 0.717) is 36.3 Å². The maximum Gasteiger partial charge on any atom is 0.248 e. The minimum absolute atomic E-state index is 0.392. The molecule has 12 heteroatoms. The molecule has 0 spiro atoms. The highest BCUT2D eigenvalue weighted by molar-refractivity contribution is 7.92. The van der Waals surface area contributed by atoms with E-state index in [0.717, 1.165) is 60.0 Å². The van der Waals surface area contributed by atoms with Gasteiger partial charge in [-0.2, -0.15) is 5.10 Å². The van der Waals surface area contributed by atoms with Gasteiger partial charge in [0, 0.05) is 36.8 Å². The van der Waals surface area contributed by atoms with Crippen LogP contribution in [0.25, 0.3) is 33.5 Å². The average molecular weight is 484 g/mol. The molecular weight excluding hydrogens is 458 g/mol. The van der Waals surface area contributed by atoms with Crippen LogP contribution in [0.3, 0.4) is 0 Å². The molecule has 0 atom stereocenters. The van der Waals surface area contributed by atoms with E-state index >= 15 is 0 Å². The van der Waals surface area contributed by atoms with Crippen LogP contribution in [0.15, 0.2) is 35.0 Å². The fourth-order valence-corrected chi connectivity index (χ4v) is 4.57. The summed E-state index contributed by atoms with van der Waals surface area (Å²) < 4.78 is 37.6. The first kappa shape index (κ1) is 22.4. The maximum absolute atomic E-state index is 11.8. The van der Waals surface area contributed by atoms with Gasteiger partial charge in [-0.1, -0.05) is 0 Å². The summed E-state index contributed by atoms with van der Waals surface area (Å²) in [6, 6.07) is 5.60. The van der Waals surface area contributed by atoms with Crippen LogP contribution >= 0.6 is 0 Å². The number of rotatable bonds is 6. The third-order valence-corrected chi connectivity index (χ3v) is 6.24. The molecule has 0 bridgehead atoms. The summed E-state index contributed by atoms with van der Waals surface area (Å²) in [4.78, 5) is 6.61. The van der Waals surface area contributed by atoms with Crippen LogP contribution in [0.1, 0.15) is 18.0 Å². The number of hydrogen-bond donors (Lipinski definition) is 2. The molecule has 1 aliphatic heterocycles. The summed E-state index contributed by atoms with van der Waals surface area (Å²) in [6.07, 6.45) is 5.50. The van der Waals surface area contributed by atoms with Crippen molar-refractivity contribution in [2.75, 3.05) is 37.3 Å². The lowest BCUT2D eigenvalue weighted by atomic mass is 10.0. The second kappa shape index (κ2) is 9.12. The van der Waals surface area contributed by atoms with Gasteiger partial charge in [0.1, 0.15) is 0 Å². The fraction of sp³-hybridized carbons (Fsp3) is 0.364. The summed E-state index contributed by atoms with van der Waals surface area (Å²) in [7, 11) is -3.44. The van der Waals surface area contributed by atoms with Crippen molar-refractivity contribution in [3.63, 3.8) is 0 Å². The lowest BCUT2D eigenvalue weighted by molar-refractivity contribution is 0.138. The summed E-state index contributed by atoms with van der Waals surface area (Å²) in [5.74, 6) is 0.930. The Kier molecular flexibility index (Phi) is 6.02. The molecule has 2 N–H and O–H groups in total. The van der Waals surface area contributed by atoms with Crippen molar-refractivity contribution in [2.24, 2.45) is 0 Å². The Bertz CT molecular complexity index is 1420. The first-order valence-corrected chi connectivity index (χ1v) is 12.8. The van der Waals surface area contributed by atoms with Gasteiger partial charge >= 0.3 is 0 Å². The molecule has 4 heterocycles. The van der Waals surface area contributed by atoms with Gasteiger partial charge in [0.05, 0.1) is 48.1 Å². The molecule has 0 radical (unpaired) electrons. The van der Waals surface area contributed by atoms with Crippen LogP contribution in [-0.4, -0.2) is 71.3 Å². The van der Waals surface area contributed by atoms with Crippen molar-refractivity contribution < 1.29 is 17.6 Å². The molecule has 4 aromatic rings. The van der Waals surface area contributed by atoms with Gasteiger partial charge in [-0.25, -0.2) is 8.42 Å². The molecule has 0 saturated carbocycles. The van der Waals surface area contributed by atoms with E-state index in [2.05, 4.69) is 35.0 Å². The number of anilines is 1. The first-order valence-electron chi connectivity index (χ1n) is 10.9. The topological polar surface area (TPSA) is 139 Å². The second-order valence-corrected chi connectivity index (χ2v) is 10.1. The minimum Gasteiger partial charge on any atom is -0.419 e. The van der Waals surface area contributed by atoms with Gasteiger partial charge < -0.3 is 9.15 Å². The Morgan fingerprint density at radius 2 is 2.00 bits per heavy atom. The quantitative estimate of drug-likeness (QED) is 0.423. The van der Waals surface area contributed by atoms with Crippen molar-refractivity contribution in [2.45, 2.75) is 19.9 Å². The first-order chi connectivity index (χ1) is 16.4. The Morgan fingerprint density at radius 1 is 1.12 bits per heavy atom. The largest absolute Gasteiger partial charge is 0.419 e. The number of H-pyrrole nitrogens is 1. The van der Waals surface area contributed by atoms with E-state index < -0.39 is 10.0 Å². The predicted molar refractivity (Wildman–Crippen MR) is 127 cm³/mol. The highest BCUT2D eigenvalue weighted by Crippen LogP contribution is 2.34. The number of nitrogens with one attached hydrogen (secondary N) is 2. The number of ether oxygens (including phenoxy) is 1. The smallest absolute Gasteiger partial charge is 0.248 e. The standard InChI is InChI=1S/C22H25N7O4S/c1-14-19(28-34(2,30)31)10-16(11-23-14)15-8-17(18-12-24-25-20(18)9-15)22-27-26-21(33-22)13-29-4-3-6-32-7-5-29/h8-12,28H,3-7,13H2,1-2H3,(H,24,25). The number of sulfonamides is 1. The number of aromatic amines is 1. The third-order valence-electron chi connectivity index (χ3n) is 5.65.